The van der Waals surface area contributed by atoms with E-state index in [0.717, 1.165) is 12.8 Å². The Labute approximate surface area is 158 Å². The van der Waals surface area contributed by atoms with E-state index in [-0.39, 0.29) is 0 Å². The van der Waals surface area contributed by atoms with Gasteiger partial charge < -0.3 is 0 Å². The van der Waals surface area contributed by atoms with Gasteiger partial charge in [-0.25, -0.2) is 18.6 Å². The molecule has 7 heteroatoms. The van der Waals surface area contributed by atoms with Gasteiger partial charge >= 0.3 is 79.4 Å². The van der Waals surface area contributed by atoms with Gasteiger partial charge in [-0.1, -0.05) is 24.3 Å². The molecule has 0 spiro atoms. The van der Waals surface area contributed by atoms with Crippen LogP contribution in [0.1, 0.15) is 51.4 Å². The Balaban J connectivity index is 0.000000358. The summed E-state index contributed by atoms with van der Waals surface area (Å²) in [5.74, 6) is 0. The quantitative estimate of drug-likeness (QED) is 0.422. The van der Waals surface area contributed by atoms with E-state index >= 15 is 0 Å². The van der Waals surface area contributed by atoms with Gasteiger partial charge in [-0.3, -0.25) is 0 Å². The van der Waals surface area contributed by atoms with Crippen LogP contribution in [0.25, 0.3) is 0 Å². The summed E-state index contributed by atoms with van der Waals surface area (Å²) in [6.45, 7) is 0. The monoisotopic (exact) mass is 452 g/mol. The van der Waals surface area contributed by atoms with Crippen LogP contribution in [0.15, 0.2) is 36.5 Å². The van der Waals surface area contributed by atoms with E-state index in [1.807, 2.05) is 0 Å². The molecule has 0 aromatic carbocycles. The summed E-state index contributed by atoms with van der Waals surface area (Å²) in [4.78, 5) is 0. The average molecular weight is 453 g/mol. The maximum atomic E-state index is 8.49. The summed E-state index contributed by atoms with van der Waals surface area (Å²) < 4.78 is 39.9. The minimum absolute atomic E-state index is 0.419. The van der Waals surface area contributed by atoms with E-state index in [9.17, 15) is 0 Å². The van der Waals surface area contributed by atoms with Crippen LogP contribution in [-0.2, 0) is 23.9 Å². The van der Waals surface area contributed by atoms with Gasteiger partial charge in [-0.15, -0.1) is 10.2 Å². The van der Waals surface area contributed by atoms with Crippen molar-refractivity contribution in [3.05, 3.63) is 36.5 Å². The fourth-order valence-electron chi connectivity index (χ4n) is 2.21. The summed E-state index contributed by atoms with van der Waals surface area (Å²) in [7, 11) is -3.14. The van der Waals surface area contributed by atoms with Gasteiger partial charge in [0.1, 0.15) is 0 Å². The van der Waals surface area contributed by atoms with Crippen molar-refractivity contribution in [3.8, 4) is 0 Å². The van der Waals surface area contributed by atoms with Gasteiger partial charge in [0.25, 0.3) is 0 Å². The van der Waals surface area contributed by atoms with Crippen molar-refractivity contribution in [3.63, 3.8) is 0 Å². The van der Waals surface area contributed by atoms with E-state index < -0.39 is 10.2 Å². The first-order valence-corrected chi connectivity index (χ1v) is 10.2. The zero-order chi connectivity index (χ0) is 18.3. The van der Waals surface area contributed by atoms with Crippen molar-refractivity contribution in [1.29, 1.82) is 0 Å². The normalized spacial score (nSPS) is 28.3. The van der Waals surface area contributed by atoms with Crippen molar-refractivity contribution >= 4 is 0 Å². The largest absolute Gasteiger partial charge is 0.222 e. The van der Waals surface area contributed by atoms with Crippen molar-refractivity contribution < 1.29 is 52.8 Å². The Morgan fingerprint density at radius 3 is 1.46 bits per heavy atom. The van der Waals surface area contributed by atoms with Crippen molar-refractivity contribution in [2.75, 3.05) is 7.11 Å². The fourth-order valence-corrected chi connectivity index (χ4v) is 2.94. The third kappa shape index (κ3) is 18.3. The molecule has 2 rings (SSSR count). The van der Waals surface area contributed by atoms with Crippen molar-refractivity contribution in [2.45, 2.75) is 61.9 Å². The van der Waals surface area contributed by atoms with Gasteiger partial charge in [0.2, 0.25) is 0 Å². The Hall–Kier alpha value is -0.0277. The second-order valence-electron chi connectivity index (χ2n) is 5.35. The van der Waals surface area contributed by atoms with Crippen LogP contribution in [0.5, 0.6) is 0 Å². The second kappa shape index (κ2) is 15.2. The first-order valence-electron chi connectivity index (χ1n) is 8.04. The molecule has 2 unspecified atom stereocenters. The zero-order valence-electron chi connectivity index (χ0n) is 14.0. The second-order valence-corrected chi connectivity index (χ2v) is 7.25. The van der Waals surface area contributed by atoms with Gasteiger partial charge in [-0.2, -0.15) is 0 Å². The van der Waals surface area contributed by atoms with Crippen LogP contribution in [0, 0.1) is 10.2 Å². The molecule has 0 bridgehead atoms. The number of methoxy groups -OCH3 is 1. The van der Waals surface area contributed by atoms with E-state index in [1.165, 1.54) is 38.5 Å². The van der Waals surface area contributed by atoms with E-state index in [1.54, 1.807) is 7.11 Å². The Morgan fingerprint density at radius 1 is 0.750 bits per heavy atom. The third-order valence-electron chi connectivity index (χ3n) is 3.39. The third-order valence-corrected chi connectivity index (χ3v) is 4.42. The molecule has 0 heterocycles. The molecule has 0 amide bonds. The molecule has 5 nitrogen and oxygen atoms in total. The number of allylic oxidation sites excluding steroid dienone is 6. The van der Waals surface area contributed by atoms with E-state index in [4.69, 9.17) is 23.4 Å². The molecule has 24 heavy (non-hydrogen) atoms. The topological polar surface area (TPSA) is 101 Å². The number of halogens is 1. The molecule has 0 N–H and O–H groups in total. The maximum absolute atomic E-state index is 8.49. The molecular formula is C17H27ClO5Pd. The molecule has 142 valence electrons. The summed E-state index contributed by atoms with van der Waals surface area (Å²) in [5.41, 5.74) is 0. The summed E-state index contributed by atoms with van der Waals surface area (Å²) in [5, 5.41) is 0. The summed E-state index contributed by atoms with van der Waals surface area (Å²) >= 11 is 3.37. The molecule has 0 radical (unpaired) electrons. The minimum atomic E-state index is -4.94. The Morgan fingerprint density at radius 2 is 1.08 bits per heavy atom. The smallest absolute Gasteiger partial charge is 0.112 e. The van der Waals surface area contributed by atoms with E-state index in [0.29, 0.717) is 10.5 Å². The molecule has 0 fully saturated rings. The summed E-state index contributed by atoms with van der Waals surface area (Å²) in [6, 6.07) is 0. The molecule has 2 aliphatic rings. The van der Waals surface area contributed by atoms with Crippen LogP contribution in [0.2, 0.25) is 4.39 Å². The predicted octanol–water partition coefficient (Wildman–Crippen LogP) is 0.384. The molecule has 0 saturated heterocycles. The first-order chi connectivity index (χ1) is 11.3. The maximum Gasteiger partial charge on any atom is -0.112 e. The number of hydrogen-bond acceptors (Lipinski definition) is 5. The molecule has 0 aromatic rings. The Bertz CT molecular complexity index is 348. The number of ether oxygens (including phenoxy) is 1. The van der Waals surface area contributed by atoms with Crippen LogP contribution in [-0.4, -0.2) is 13.2 Å². The first kappa shape index (κ1) is 24.0. The standard InChI is InChI=1S/C9H15O.C8H12.ClHO4.Pd/c1-10-9-7-5-3-2-4-6-8-9;1-2-4-6-8-7-5-3-1;2-1(3,4)5;/h2-3,8-9H,4-7H2,1H3;1-2,7-8H,3-6H2;(H,2,3,4,5);/q;;;+1/p-1/b3-2-;2-1-,8-7-;;. The molecule has 0 aliphatic heterocycles. The van der Waals surface area contributed by atoms with Crippen molar-refractivity contribution in [2.24, 2.45) is 0 Å². The fraction of sp³-hybridized carbons (Fsp3) is 0.647. The number of rotatable bonds is 1. The SMILES string of the molecule is C1=C\CC/C=C\CC/1.COC1CC/C=C\CC[CH]1[Pd+].[O-][Cl+3]([O-])([O-])[O-]. The summed E-state index contributed by atoms with van der Waals surface area (Å²) in [6.07, 6.45) is 23.7. The Kier molecular flexibility index (Phi) is 15.2. The molecule has 2 aliphatic carbocycles. The predicted molar refractivity (Wildman–Crippen MR) is 78.9 cm³/mol. The van der Waals surface area contributed by atoms with Crippen molar-refractivity contribution in [1.82, 2.24) is 0 Å². The van der Waals surface area contributed by atoms with Crippen LogP contribution in [0.3, 0.4) is 0 Å². The van der Waals surface area contributed by atoms with Gasteiger partial charge in [0.15, 0.2) is 0 Å². The zero-order valence-corrected chi connectivity index (χ0v) is 16.3. The van der Waals surface area contributed by atoms with Gasteiger partial charge in [0.05, 0.1) is 0 Å². The minimum Gasteiger partial charge on any atom is -0.222 e. The molecule has 0 aromatic heterocycles. The number of hydrogen-bond donors (Lipinski definition) is 0. The van der Waals surface area contributed by atoms with Crippen LogP contribution >= 0.6 is 0 Å². The molecule has 2 atom stereocenters. The van der Waals surface area contributed by atoms with E-state index in [2.05, 4.69) is 55.7 Å². The van der Waals surface area contributed by atoms with Gasteiger partial charge in [0, 0.05) is 0 Å². The average Bonchev–Trinajstić information content (AvgIpc) is 2.42. The van der Waals surface area contributed by atoms with Crippen LogP contribution in [0.4, 0.5) is 0 Å². The van der Waals surface area contributed by atoms with Crippen LogP contribution < -0.4 is 18.6 Å². The molecular weight excluding hydrogens is 426 g/mol. The van der Waals surface area contributed by atoms with Gasteiger partial charge in [-0.05, 0) is 25.7 Å². The molecule has 0 saturated carbocycles.